The van der Waals surface area contributed by atoms with Gasteiger partial charge in [-0.05, 0) is 51.4 Å². The lowest BCUT2D eigenvalue weighted by Gasteiger charge is -2.28. The van der Waals surface area contributed by atoms with E-state index in [0.717, 1.165) is 0 Å². The van der Waals surface area contributed by atoms with Crippen LogP contribution in [0.15, 0.2) is 50.6 Å². The number of hydrogen-bond acceptors (Lipinski definition) is 0. The Bertz CT molecular complexity index is 229. The molecule has 0 saturated carbocycles. The van der Waals surface area contributed by atoms with Crippen molar-refractivity contribution in [2.24, 2.45) is 0 Å². The van der Waals surface area contributed by atoms with Crippen LogP contribution in [0.1, 0.15) is 51.4 Å². The molecular formula is C20H36P+. The smallest absolute Gasteiger partial charge is 0.0597 e. The van der Waals surface area contributed by atoms with Crippen LogP contribution in [-0.2, 0) is 0 Å². The fraction of sp³-hybridized carbons (Fsp3) is 0.600. The summed E-state index contributed by atoms with van der Waals surface area (Å²) in [5.41, 5.74) is 0. The standard InChI is InChI=1S/C20H36P/c1-5-9-13-17-21(18-14-10-6-2,19-15-11-7-3)20-16-12-8-4/h5-8H,1-4,9-20H2/q+1. The van der Waals surface area contributed by atoms with E-state index in [-0.39, 0.29) is 0 Å². The predicted molar refractivity (Wildman–Crippen MR) is 104 cm³/mol. The first kappa shape index (κ1) is 20.4. The lowest BCUT2D eigenvalue weighted by atomic mass is 10.3. The summed E-state index contributed by atoms with van der Waals surface area (Å²) in [4.78, 5) is 0. The number of allylic oxidation sites excluding steroid dienone is 4. The first-order valence-electron chi connectivity index (χ1n) is 8.53. The van der Waals surface area contributed by atoms with E-state index in [4.69, 9.17) is 0 Å². The molecule has 21 heavy (non-hydrogen) atoms. The molecule has 0 saturated heterocycles. The molecule has 0 N–H and O–H groups in total. The number of rotatable bonds is 16. The Kier molecular flexibility index (Phi) is 13.9. The van der Waals surface area contributed by atoms with Crippen molar-refractivity contribution in [1.29, 1.82) is 0 Å². The summed E-state index contributed by atoms with van der Waals surface area (Å²) in [7, 11) is -0.806. The maximum absolute atomic E-state index is 3.88. The molecule has 0 aliphatic rings. The van der Waals surface area contributed by atoms with Gasteiger partial charge in [-0.25, -0.2) is 0 Å². The molecule has 0 radical (unpaired) electrons. The largest absolute Gasteiger partial charge is 0.103 e. The Hall–Kier alpha value is -0.610. The van der Waals surface area contributed by atoms with Crippen molar-refractivity contribution in [2.45, 2.75) is 51.4 Å². The highest BCUT2D eigenvalue weighted by Gasteiger charge is 2.34. The highest BCUT2D eigenvalue weighted by molar-refractivity contribution is 7.75. The maximum atomic E-state index is 3.88. The zero-order chi connectivity index (χ0) is 15.8. The van der Waals surface area contributed by atoms with E-state index in [1.807, 2.05) is 0 Å². The molecule has 0 nitrogen and oxygen atoms in total. The van der Waals surface area contributed by atoms with Crippen molar-refractivity contribution in [1.82, 2.24) is 0 Å². The maximum Gasteiger partial charge on any atom is 0.0597 e. The molecule has 0 bridgehead atoms. The summed E-state index contributed by atoms with van der Waals surface area (Å²) in [6, 6.07) is 0. The van der Waals surface area contributed by atoms with Gasteiger partial charge in [0.2, 0.25) is 0 Å². The molecule has 120 valence electrons. The summed E-state index contributed by atoms with van der Waals surface area (Å²) in [5.74, 6) is 0. The van der Waals surface area contributed by atoms with Gasteiger partial charge in [0.05, 0.1) is 24.6 Å². The van der Waals surface area contributed by atoms with E-state index in [2.05, 4.69) is 50.6 Å². The van der Waals surface area contributed by atoms with Gasteiger partial charge in [0, 0.05) is 7.26 Å². The van der Waals surface area contributed by atoms with E-state index in [1.165, 1.54) is 76.0 Å². The van der Waals surface area contributed by atoms with Gasteiger partial charge in [-0.15, -0.1) is 26.3 Å². The minimum Gasteiger partial charge on any atom is -0.103 e. The highest BCUT2D eigenvalue weighted by Crippen LogP contribution is 2.61. The normalized spacial score (nSPS) is 11.0. The van der Waals surface area contributed by atoms with Crippen molar-refractivity contribution in [3.8, 4) is 0 Å². The minimum absolute atomic E-state index is 0.806. The first-order chi connectivity index (χ1) is 10.2. The third-order valence-corrected chi connectivity index (χ3v) is 9.22. The van der Waals surface area contributed by atoms with Crippen LogP contribution < -0.4 is 0 Å². The molecule has 0 aliphatic carbocycles. The fourth-order valence-electron chi connectivity index (χ4n) is 2.95. The second kappa shape index (κ2) is 14.3. The SMILES string of the molecule is C=CCCC[P+](CCCC=C)(CCCC=C)CCCC=C. The monoisotopic (exact) mass is 307 g/mol. The van der Waals surface area contributed by atoms with Crippen LogP contribution in [0.25, 0.3) is 0 Å². The van der Waals surface area contributed by atoms with Crippen LogP contribution in [0, 0.1) is 0 Å². The van der Waals surface area contributed by atoms with E-state index in [9.17, 15) is 0 Å². The summed E-state index contributed by atoms with van der Waals surface area (Å²) < 4.78 is 0. The van der Waals surface area contributed by atoms with E-state index < -0.39 is 7.26 Å². The molecule has 0 atom stereocenters. The van der Waals surface area contributed by atoms with E-state index >= 15 is 0 Å². The average molecular weight is 307 g/mol. The van der Waals surface area contributed by atoms with E-state index in [0.29, 0.717) is 0 Å². The predicted octanol–water partition coefficient (Wildman–Crippen LogP) is 6.87. The molecule has 0 aromatic rings. The van der Waals surface area contributed by atoms with Crippen LogP contribution in [0.4, 0.5) is 0 Å². The Morgan fingerprint density at radius 3 is 0.905 bits per heavy atom. The van der Waals surface area contributed by atoms with Gasteiger partial charge in [0.25, 0.3) is 0 Å². The third-order valence-electron chi connectivity index (χ3n) is 4.16. The second-order valence-corrected chi connectivity index (χ2v) is 10.4. The van der Waals surface area contributed by atoms with Gasteiger partial charge in [-0.1, -0.05) is 24.3 Å². The van der Waals surface area contributed by atoms with Gasteiger partial charge in [-0.3, -0.25) is 0 Å². The quantitative estimate of drug-likeness (QED) is 0.166. The summed E-state index contributed by atoms with van der Waals surface area (Å²) >= 11 is 0. The summed E-state index contributed by atoms with van der Waals surface area (Å²) in [6.45, 7) is 15.5. The summed E-state index contributed by atoms with van der Waals surface area (Å²) in [5, 5.41) is 0. The average Bonchev–Trinajstić information content (AvgIpc) is 2.48. The van der Waals surface area contributed by atoms with Crippen LogP contribution >= 0.6 is 7.26 Å². The molecule has 0 heterocycles. The van der Waals surface area contributed by atoms with Crippen molar-refractivity contribution in [3.63, 3.8) is 0 Å². The molecule has 0 aromatic heterocycles. The van der Waals surface area contributed by atoms with Crippen molar-refractivity contribution in [3.05, 3.63) is 50.6 Å². The molecule has 1 heteroatoms. The Morgan fingerprint density at radius 1 is 0.476 bits per heavy atom. The molecule has 0 unspecified atom stereocenters. The number of hydrogen-bond donors (Lipinski definition) is 0. The molecule has 0 aliphatic heterocycles. The van der Waals surface area contributed by atoms with Gasteiger partial charge in [0.1, 0.15) is 0 Å². The first-order valence-corrected chi connectivity index (χ1v) is 11.1. The lowest BCUT2D eigenvalue weighted by molar-refractivity contribution is 0.870. The molecule has 0 amide bonds. The van der Waals surface area contributed by atoms with Gasteiger partial charge in [0.15, 0.2) is 0 Å². The van der Waals surface area contributed by atoms with Gasteiger partial charge >= 0.3 is 0 Å². The Balaban J connectivity index is 4.66. The van der Waals surface area contributed by atoms with Crippen molar-refractivity contribution in [2.75, 3.05) is 24.6 Å². The zero-order valence-electron chi connectivity index (χ0n) is 14.1. The van der Waals surface area contributed by atoms with Crippen molar-refractivity contribution < 1.29 is 0 Å². The third kappa shape index (κ3) is 10.7. The molecule has 0 rings (SSSR count). The zero-order valence-corrected chi connectivity index (χ0v) is 15.0. The summed E-state index contributed by atoms with van der Waals surface area (Å²) in [6.07, 6.45) is 24.1. The second-order valence-electron chi connectivity index (χ2n) is 5.96. The lowest BCUT2D eigenvalue weighted by Crippen LogP contribution is -2.13. The van der Waals surface area contributed by atoms with Gasteiger partial charge in [-0.2, -0.15) is 0 Å². The van der Waals surface area contributed by atoms with E-state index in [1.54, 1.807) is 0 Å². The minimum atomic E-state index is -0.806. The number of unbranched alkanes of at least 4 members (excludes halogenated alkanes) is 4. The molecular weight excluding hydrogens is 271 g/mol. The fourth-order valence-corrected chi connectivity index (χ4v) is 7.71. The van der Waals surface area contributed by atoms with Crippen molar-refractivity contribution >= 4 is 7.26 Å². The topological polar surface area (TPSA) is 0 Å². The van der Waals surface area contributed by atoms with Crippen LogP contribution in [0.2, 0.25) is 0 Å². The van der Waals surface area contributed by atoms with Gasteiger partial charge < -0.3 is 0 Å². The Morgan fingerprint density at radius 2 is 0.714 bits per heavy atom. The molecule has 0 aromatic carbocycles. The Labute approximate surface area is 134 Å². The van der Waals surface area contributed by atoms with Crippen LogP contribution in [0.3, 0.4) is 0 Å². The molecule has 0 spiro atoms. The van der Waals surface area contributed by atoms with Crippen LogP contribution in [0.5, 0.6) is 0 Å². The highest BCUT2D eigenvalue weighted by atomic mass is 31.2. The molecule has 0 fully saturated rings. The van der Waals surface area contributed by atoms with Crippen LogP contribution in [-0.4, -0.2) is 24.6 Å².